The molecule has 1 N–H and O–H groups in total. The van der Waals surface area contributed by atoms with Crippen LogP contribution in [-0.4, -0.2) is 26.9 Å². The minimum absolute atomic E-state index is 0.0957. The SMILES string of the molecule is CC[C@@H](C)NS(=O)(=O)c1ccc(N2CCCC2=O)cc1. The third-order valence-corrected chi connectivity index (χ3v) is 5.11. The van der Waals surface area contributed by atoms with Gasteiger partial charge in [0.1, 0.15) is 0 Å². The lowest BCUT2D eigenvalue weighted by Crippen LogP contribution is -2.32. The predicted octanol–water partition coefficient (Wildman–Crippen LogP) is 1.89. The second-order valence-electron chi connectivity index (χ2n) is 5.07. The maximum absolute atomic E-state index is 12.1. The van der Waals surface area contributed by atoms with Crippen LogP contribution in [0.25, 0.3) is 0 Å². The van der Waals surface area contributed by atoms with Gasteiger partial charge in [-0.3, -0.25) is 4.79 Å². The van der Waals surface area contributed by atoms with Crippen molar-refractivity contribution >= 4 is 21.6 Å². The Balaban J connectivity index is 2.17. The number of nitrogens with one attached hydrogen (secondary N) is 1. The summed E-state index contributed by atoms with van der Waals surface area (Å²) in [5.74, 6) is 0.0957. The van der Waals surface area contributed by atoms with Gasteiger partial charge >= 0.3 is 0 Å². The molecule has 0 bridgehead atoms. The second-order valence-corrected chi connectivity index (χ2v) is 6.79. The van der Waals surface area contributed by atoms with E-state index in [4.69, 9.17) is 0 Å². The number of sulfonamides is 1. The summed E-state index contributed by atoms with van der Waals surface area (Å²) >= 11 is 0. The zero-order chi connectivity index (χ0) is 14.8. The molecule has 1 aliphatic heterocycles. The number of nitrogens with zero attached hydrogens (tertiary/aromatic N) is 1. The molecular formula is C14H20N2O3S. The van der Waals surface area contributed by atoms with Crippen molar-refractivity contribution in [2.75, 3.05) is 11.4 Å². The molecule has 1 heterocycles. The van der Waals surface area contributed by atoms with E-state index >= 15 is 0 Å². The molecule has 0 aliphatic carbocycles. The first kappa shape index (κ1) is 15.0. The van der Waals surface area contributed by atoms with E-state index in [1.807, 2.05) is 13.8 Å². The molecule has 20 heavy (non-hydrogen) atoms. The molecule has 6 heteroatoms. The molecule has 1 saturated heterocycles. The van der Waals surface area contributed by atoms with Crippen molar-refractivity contribution in [2.24, 2.45) is 0 Å². The van der Waals surface area contributed by atoms with Crippen LogP contribution in [0.3, 0.4) is 0 Å². The molecule has 2 rings (SSSR count). The van der Waals surface area contributed by atoms with Crippen LogP contribution in [0.5, 0.6) is 0 Å². The molecule has 0 saturated carbocycles. The van der Waals surface area contributed by atoms with Gasteiger partial charge in [0.25, 0.3) is 0 Å². The minimum atomic E-state index is -3.48. The number of benzene rings is 1. The Morgan fingerprint density at radius 3 is 2.45 bits per heavy atom. The Kier molecular flexibility index (Phi) is 4.45. The first-order valence-electron chi connectivity index (χ1n) is 6.87. The van der Waals surface area contributed by atoms with Gasteiger partial charge in [-0.2, -0.15) is 0 Å². The van der Waals surface area contributed by atoms with Gasteiger partial charge < -0.3 is 4.90 Å². The van der Waals surface area contributed by atoms with E-state index in [1.54, 1.807) is 29.2 Å². The number of anilines is 1. The summed E-state index contributed by atoms with van der Waals surface area (Å²) in [6.07, 6.45) is 2.16. The van der Waals surface area contributed by atoms with Crippen LogP contribution in [0.4, 0.5) is 5.69 Å². The molecule has 1 amide bonds. The van der Waals surface area contributed by atoms with Crippen molar-refractivity contribution < 1.29 is 13.2 Å². The molecule has 1 aromatic carbocycles. The fraction of sp³-hybridized carbons (Fsp3) is 0.500. The maximum Gasteiger partial charge on any atom is 0.240 e. The van der Waals surface area contributed by atoms with Gasteiger partial charge in [0.2, 0.25) is 15.9 Å². The number of hydrogen-bond donors (Lipinski definition) is 1. The molecule has 0 unspecified atom stereocenters. The van der Waals surface area contributed by atoms with E-state index in [-0.39, 0.29) is 16.8 Å². The summed E-state index contributed by atoms with van der Waals surface area (Å²) in [6.45, 7) is 4.46. The van der Waals surface area contributed by atoms with Gasteiger partial charge in [0.15, 0.2) is 0 Å². The smallest absolute Gasteiger partial charge is 0.240 e. The molecule has 0 aromatic heterocycles. The largest absolute Gasteiger partial charge is 0.312 e. The average molecular weight is 296 g/mol. The highest BCUT2D eigenvalue weighted by Crippen LogP contribution is 2.23. The summed E-state index contributed by atoms with van der Waals surface area (Å²) in [6, 6.07) is 6.37. The minimum Gasteiger partial charge on any atom is -0.312 e. The lowest BCUT2D eigenvalue weighted by Gasteiger charge is -2.16. The van der Waals surface area contributed by atoms with E-state index in [0.29, 0.717) is 13.0 Å². The van der Waals surface area contributed by atoms with Gasteiger partial charge in [-0.05, 0) is 44.0 Å². The van der Waals surface area contributed by atoms with Crippen molar-refractivity contribution in [3.8, 4) is 0 Å². The molecule has 0 spiro atoms. The van der Waals surface area contributed by atoms with Crippen LogP contribution in [-0.2, 0) is 14.8 Å². The Hall–Kier alpha value is -1.40. The van der Waals surface area contributed by atoms with Crippen LogP contribution in [0.15, 0.2) is 29.2 Å². The number of amides is 1. The first-order valence-corrected chi connectivity index (χ1v) is 8.35. The lowest BCUT2D eigenvalue weighted by molar-refractivity contribution is -0.117. The Morgan fingerprint density at radius 2 is 1.95 bits per heavy atom. The molecular weight excluding hydrogens is 276 g/mol. The van der Waals surface area contributed by atoms with Gasteiger partial charge in [0, 0.05) is 24.7 Å². The summed E-state index contributed by atoms with van der Waals surface area (Å²) in [4.78, 5) is 13.6. The Morgan fingerprint density at radius 1 is 1.30 bits per heavy atom. The lowest BCUT2D eigenvalue weighted by atomic mass is 10.3. The molecule has 5 nitrogen and oxygen atoms in total. The van der Waals surface area contributed by atoms with Gasteiger partial charge in [-0.25, -0.2) is 13.1 Å². The third-order valence-electron chi connectivity index (χ3n) is 3.50. The first-order chi connectivity index (χ1) is 9.44. The highest BCUT2D eigenvalue weighted by Gasteiger charge is 2.22. The second kappa shape index (κ2) is 5.93. The number of carbonyl (C=O) groups excluding carboxylic acids is 1. The van der Waals surface area contributed by atoms with Gasteiger partial charge in [-0.1, -0.05) is 6.92 Å². The number of rotatable bonds is 5. The van der Waals surface area contributed by atoms with Crippen LogP contribution in [0, 0.1) is 0 Å². The van der Waals surface area contributed by atoms with Crippen molar-refractivity contribution in [3.05, 3.63) is 24.3 Å². The van der Waals surface area contributed by atoms with Crippen LogP contribution >= 0.6 is 0 Å². The van der Waals surface area contributed by atoms with E-state index in [9.17, 15) is 13.2 Å². The number of hydrogen-bond acceptors (Lipinski definition) is 3. The van der Waals surface area contributed by atoms with Crippen LogP contribution in [0.1, 0.15) is 33.1 Å². The molecule has 1 atom stereocenters. The standard InChI is InChI=1S/C14H20N2O3S/c1-3-11(2)15-20(18,19)13-8-6-12(7-9-13)16-10-4-5-14(16)17/h6-9,11,15H,3-5,10H2,1-2H3/t11-/m1/s1. The van der Waals surface area contributed by atoms with Crippen LogP contribution < -0.4 is 9.62 Å². The normalized spacial score (nSPS) is 17.5. The maximum atomic E-state index is 12.1. The van der Waals surface area contributed by atoms with Gasteiger partial charge in [-0.15, -0.1) is 0 Å². The van der Waals surface area contributed by atoms with Crippen molar-refractivity contribution in [3.63, 3.8) is 0 Å². The zero-order valence-corrected chi connectivity index (χ0v) is 12.6. The van der Waals surface area contributed by atoms with E-state index in [0.717, 1.165) is 18.5 Å². The predicted molar refractivity (Wildman–Crippen MR) is 78.1 cm³/mol. The third kappa shape index (κ3) is 3.19. The van der Waals surface area contributed by atoms with Crippen molar-refractivity contribution in [2.45, 2.75) is 44.0 Å². The fourth-order valence-corrected chi connectivity index (χ4v) is 3.47. The topological polar surface area (TPSA) is 66.5 Å². The van der Waals surface area contributed by atoms with Crippen molar-refractivity contribution in [1.29, 1.82) is 0 Å². The van der Waals surface area contributed by atoms with E-state index in [1.165, 1.54) is 0 Å². The monoisotopic (exact) mass is 296 g/mol. The molecule has 0 radical (unpaired) electrons. The highest BCUT2D eigenvalue weighted by atomic mass is 32.2. The quantitative estimate of drug-likeness (QED) is 0.902. The van der Waals surface area contributed by atoms with Crippen LogP contribution in [0.2, 0.25) is 0 Å². The summed E-state index contributed by atoms with van der Waals surface area (Å²) in [5.41, 5.74) is 0.759. The summed E-state index contributed by atoms with van der Waals surface area (Å²) in [5, 5.41) is 0. The Bertz CT molecular complexity index is 581. The number of carbonyl (C=O) groups is 1. The zero-order valence-electron chi connectivity index (χ0n) is 11.8. The summed E-state index contributed by atoms with van der Waals surface area (Å²) < 4.78 is 26.8. The average Bonchev–Trinajstić information content (AvgIpc) is 2.84. The Labute approximate surface area is 120 Å². The molecule has 1 aliphatic rings. The van der Waals surface area contributed by atoms with E-state index in [2.05, 4.69) is 4.72 Å². The molecule has 1 fully saturated rings. The fourth-order valence-electron chi connectivity index (χ4n) is 2.14. The summed E-state index contributed by atoms with van der Waals surface area (Å²) in [7, 11) is -3.48. The molecule has 110 valence electrons. The van der Waals surface area contributed by atoms with Gasteiger partial charge in [0.05, 0.1) is 4.90 Å². The molecule has 1 aromatic rings. The van der Waals surface area contributed by atoms with Crippen molar-refractivity contribution in [1.82, 2.24) is 4.72 Å². The highest BCUT2D eigenvalue weighted by molar-refractivity contribution is 7.89. The van der Waals surface area contributed by atoms with E-state index < -0.39 is 10.0 Å².